The molecule has 0 radical (unpaired) electrons. The van der Waals surface area contributed by atoms with Crippen LogP contribution in [0.3, 0.4) is 0 Å². The molecule has 0 amide bonds. The molecule has 0 aliphatic carbocycles. The zero-order valence-electron chi connectivity index (χ0n) is 10.7. The van der Waals surface area contributed by atoms with Crippen LogP contribution in [0.5, 0.6) is 0 Å². The van der Waals surface area contributed by atoms with Crippen LogP contribution in [0.15, 0.2) is 24.3 Å². The zero-order valence-corrected chi connectivity index (χ0v) is 10.7. The fourth-order valence-corrected chi connectivity index (χ4v) is 2.83. The first-order chi connectivity index (χ1) is 7.64. The van der Waals surface area contributed by atoms with E-state index in [0.717, 1.165) is 0 Å². The van der Waals surface area contributed by atoms with Crippen LogP contribution in [0.25, 0.3) is 0 Å². The van der Waals surface area contributed by atoms with Gasteiger partial charge in [0.2, 0.25) is 0 Å². The van der Waals surface area contributed by atoms with Crippen molar-refractivity contribution in [1.29, 1.82) is 0 Å². The lowest BCUT2D eigenvalue weighted by Crippen LogP contribution is -2.46. The molecule has 1 aliphatic rings. The predicted octanol–water partition coefficient (Wildman–Crippen LogP) is 3.32. The first kappa shape index (κ1) is 11.7. The second-order valence-electron chi connectivity index (χ2n) is 5.44. The topological polar surface area (TPSA) is 12.0 Å². The second kappa shape index (κ2) is 4.58. The Bertz CT molecular complexity index is 348. The molecule has 1 unspecified atom stereocenters. The molecule has 16 heavy (non-hydrogen) atoms. The molecule has 1 atom stereocenters. The summed E-state index contributed by atoms with van der Waals surface area (Å²) in [5.41, 5.74) is 3.27. The van der Waals surface area contributed by atoms with E-state index in [1.807, 2.05) is 0 Å². The average Bonchev–Trinajstić information content (AvgIpc) is 2.71. The standard InChI is InChI=1S/C15H23N/c1-12(2)15(9-6-10-16-15)11-14-8-5-4-7-13(14)3/h4-5,7-8,12,16H,6,9-11H2,1-3H3. The fourth-order valence-electron chi connectivity index (χ4n) is 2.83. The molecule has 1 saturated heterocycles. The van der Waals surface area contributed by atoms with Gasteiger partial charge < -0.3 is 5.32 Å². The summed E-state index contributed by atoms with van der Waals surface area (Å²) in [5, 5.41) is 3.75. The Balaban J connectivity index is 2.21. The normalized spacial score (nSPS) is 25.2. The summed E-state index contributed by atoms with van der Waals surface area (Å²) in [6, 6.07) is 8.78. The van der Waals surface area contributed by atoms with E-state index in [0.29, 0.717) is 11.5 Å². The van der Waals surface area contributed by atoms with E-state index in [4.69, 9.17) is 0 Å². The smallest absolute Gasteiger partial charge is 0.0245 e. The van der Waals surface area contributed by atoms with Crippen LogP contribution >= 0.6 is 0 Å². The summed E-state index contributed by atoms with van der Waals surface area (Å²) in [4.78, 5) is 0. The Morgan fingerprint density at radius 3 is 2.62 bits per heavy atom. The van der Waals surface area contributed by atoms with Crippen molar-refractivity contribution in [2.45, 2.75) is 45.6 Å². The van der Waals surface area contributed by atoms with Crippen molar-refractivity contribution in [3.63, 3.8) is 0 Å². The minimum absolute atomic E-state index is 0.339. The molecule has 1 aliphatic heterocycles. The first-order valence-corrected chi connectivity index (χ1v) is 6.43. The fraction of sp³-hybridized carbons (Fsp3) is 0.600. The Labute approximate surface area is 99.3 Å². The molecular weight excluding hydrogens is 194 g/mol. The Kier molecular flexibility index (Phi) is 3.34. The summed E-state index contributed by atoms with van der Waals surface area (Å²) in [7, 11) is 0. The Morgan fingerprint density at radius 1 is 1.31 bits per heavy atom. The molecule has 0 aromatic heterocycles. The molecule has 0 spiro atoms. The minimum Gasteiger partial charge on any atom is -0.311 e. The van der Waals surface area contributed by atoms with Crippen molar-refractivity contribution in [3.05, 3.63) is 35.4 Å². The molecule has 1 aromatic carbocycles. The number of hydrogen-bond acceptors (Lipinski definition) is 1. The number of benzene rings is 1. The highest BCUT2D eigenvalue weighted by Crippen LogP contribution is 2.31. The van der Waals surface area contributed by atoms with Gasteiger partial charge in [-0.05, 0) is 49.8 Å². The van der Waals surface area contributed by atoms with Crippen LogP contribution in [0.2, 0.25) is 0 Å². The van der Waals surface area contributed by atoms with Gasteiger partial charge in [0.15, 0.2) is 0 Å². The maximum absolute atomic E-state index is 3.75. The van der Waals surface area contributed by atoms with E-state index >= 15 is 0 Å². The third-order valence-corrected chi connectivity index (χ3v) is 4.15. The third-order valence-electron chi connectivity index (χ3n) is 4.15. The van der Waals surface area contributed by atoms with Gasteiger partial charge in [0.05, 0.1) is 0 Å². The van der Waals surface area contributed by atoms with Crippen molar-refractivity contribution in [3.8, 4) is 0 Å². The summed E-state index contributed by atoms with van der Waals surface area (Å²) < 4.78 is 0. The Hall–Kier alpha value is -0.820. The van der Waals surface area contributed by atoms with E-state index in [-0.39, 0.29) is 0 Å². The highest BCUT2D eigenvalue weighted by Gasteiger charge is 2.36. The maximum atomic E-state index is 3.75. The van der Waals surface area contributed by atoms with Gasteiger partial charge >= 0.3 is 0 Å². The van der Waals surface area contributed by atoms with Crippen LogP contribution in [0.4, 0.5) is 0 Å². The summed E-state index contributed by atoms with van der Waals surface area (Å²) in [6.07, 6.45) is 3.82. The maximum Gasteiger partial charge on any atom is 0.0245 e. The summed E-state index contributed by atoms with van der Waals surface area (Å²) in [5.74, 6) is 0.703. The predicted molar refractivity (Wildman–Crippen MR) is 69.7 cm³/mol. The molecule has 1 nitrogen and oxygen atoms in total. The number of nitrogens with one attached hydrogen (secondary N) is 1. The molecule has 0 saturated carbocycles. The van der Waals surface area contributed by atoms with Crippen molar-refractivity contribution in [2.75, 3.05) is 6.54 Å². The molecule has 1 N–H and O–H groups in total. The van der Waals surface area contributed by atoms with Crippen LogP contribution in [-0.2, 0) is 6.42 Å². The number of aryl methyl sites for hydroxylation is 1. The Morgan fingerprint density at radius 2 is 2.06 bits per heavy atom. The first-order valence-electron chi connectivity index (χ1n) is 6.43. The quantitative estimate of drug-likeness (QED) is 0.819. The lowest BCUT2D eigenvalue weighted by molar-refractivity contribution is 0.269. The summed E-state index contributed by atoms with van der Waals surface area (Å²) in [6.45, 7) is 8.09. The highest BCUT2D eigenvalue weighted by atomic mass is 15.0. The zero-order chi connectivity index (χ0) is 11.6. The van der Waals surface area contributed by atoms with E-state index < -0.39 is 0 Å². The van der Waals surface area contributed by atoms with Crippen LogP contribution in [-0.4, -0.2) is 12.1 Å². The van der Waals surface area contributed by atoms with Gasteiger partial charge in [0.1, 0.15) is 0 Å². The van der Waals surface area contributed by atoms with Crippen molar-refractivity contribution in [1.82, 2.24) is 5.32 Å². The van der Waals surface area contributed by atoms with Gasteiger partial charge in [0.25, 0.3) is 0 Å². The minimum atomic E-state index is 0.339. The summed E-state index contributed by atoms with van der Waals surface area (Å²) >= 11 is 0. The van der Waals surface area contributed by atoms with Gasteiger partial charge in [-0.3, -0.25) is 0 Å². The molecule has 0 bridgehead atoms. The van der Waals surface area contributed by atoms with Crippen molar-refractivity contribution < 1.29 is 0 Å². The van der Waals surface area contributed by atoms with Gasteiger partial charge in [0, 0.05) is 5.54 Å². The molecule has 2 rings (SSSR count). The van der Waals surface area contributed by atoms with Gasteiger partial charge in [-0.1, -0.05) is 38.1 Å². The lowest BCUT2D eigenvalue weighted by Gasteiger charge is -2.34. The molecule has 1 heteroatoms. The number of rotatable bonds is 3. The molecule has 1 heterocycles. The van der Waals surface area contributed by atoms with Crippen LogP contribution in [0, 0.1) is 12.8 Å². The molecule has 88 valence electrons. The molecule has 1 aromatic rings. The van der Waals surface area contributed by atoms with E-state index in [9.17, 15) is 0 Å². The van der Waals surface area contributed by atoms with Crippen LogP contribution in [0.1, 0.15) is 37.8 Å². The van der Waals surface area contributed by atoms with Crippen LogP contribution < -0.4 is 5.32 Å². The van der Waals surface area contributed by atoms with E-state index in [1.54, 1.807) is 0 Å². The SMILES string of the molecule is Cc1ccccc1CC1(C(C)C)CCCN1. The second-order valence-corrected chi connectivity index (χ2v) is 5.44. The largest absolute Gasteiger partial charge is 0.311 e. The van der Waals surface area contributed by atoms with Gasteiger partial charge in [-0.25, -0.2) is 0 Å². The highest BCUT2D eigenvalue weighted by molar-refractivity contribution is 5.28. The number of hydrogen-bond donors (Lipinski definition) is 1. The van der Waals surface area contributed by atoms with Gasteiger partial charge in [-0.15, -0.1) is 0 Å². The average molecular weight is 217 g/mol. The van der Waals surface area contributed by atoms with Gasteiger partial charge in [-0.2, -0.15) is 0 Å². The lowest BCUT2D eigenvalue weighted by atomic mass is 9.79. The molecular formula is C15H23N. The monoisotopic (exact) mass is 217 g/mol. The van der Waals surface area contributed by atoms with E-state index in [1.165, 1.54) is 36.9 Å². The van der Waals surface area contributed by atoms with Crippen molar-refractivity contribution >= 4 is 0 Å². The van der Waals surface area contributed by atoms with E-state index in [2.05, 4.69) is 50.4 Å². The molecule has 1 fully saturated rings. The third kappa shape index (κ3) is 2.15. The van der Waals surface area contributed by atoms with Crippen molar-refractivity contribution in [2.24, 2.45) is 5.92 Å².